The molecule has 0 aromatic heterocycles. The van der Waals surface area contributed by atoms with Crippen LogP contribution in [0, 0.1) is 17.6 Å². The molecule has 2 unspecified atom stereocenters. The van der Waals surface area contributed by atoms with E-state index in [1.165, 1.54) is 49.6 Å². The molecule has 2 atom stereocenters. The third-order valence-corrected chi connectivity index (χ3v) is 7.29. The molecule has 28 heavy (non-hydrogen) atoms. The van der Waals surface area contributed by atoms with Crippen molar-refractivity contribution in [1.29, 1.82) is 0 Å². The zero-order valence-electron chi connectivity index (χ0n) is 17.1. The summed E-state index contributed by atoms with van der Waals surface area (Å²) in [5.74, 6) is 0.364. The van der Waals surface area contributed by atoms with Gasteiger partial charge in [0, 0.05) is 12.3 Å². The van der Waals surface area contributed by atoms with Gasteiger partial charge in [-0.25, -0.2) is 17.2 Å². The van der Waals surface area contributed by atoms with Crippen LogP contribution >= 0.6 is 0 Å². The molecule has 0 radical (unpaired) electrons. The molecular weight excluding hydrogens is 378 g/mol. The Kier molecular flexibility index (Phi) is 7.76. The summed E-state index contributed by atoms with van der Waals surface area (Å²) in [4.78, 5) is 0. The van der Waals surface area contributed by atoms with Gasteiger partial charge in [-0.1, -0.05) is 44.0 Å². The van der Waals surface area contributed by atoms with E-state index >= 15 is 0 Å². The van der Waals surface area contributed by atoms with Gasteiger partial charge in [-0.2, -0.15) is 0 Å². The number of benzene rings is 2. The second-order valence-corrected chi connectivity index (χ2v) is 10.5. The topological polar surface area (TPSA) is 34.1 Å². The van der Waals surface area contributed by atoms with Crippen LogP contribution in [0.25, 0.3) is 11.1 Å². The maximum atomic E-state index is 13.3. The second-order valence-electron chi connectivity index (χ2n) is 7.86. The molecule has 0 amide bonds. The van der Waals surface area contributed by atoms with Gasteiger partial charge in [-0.15, -0.1) is 0 Å². The molecule has 2 aromatic carbocycles. The predicted octanol–water partition coefficient (Wildman–Crippen LogP) is 6.36. The molecule has 1 saturated carbocycles. The van der Waals surface area contributed by atoms with Gasteiger partial charge in [0.15, 0.2) is 0 Å². The number of sulfone groups is 1. The van der Waals surface area contributed by atoms with Crippen molar-refractivity contribution in [3.8, 4) is 11.1 Å². The zero-order valence-corrected chi connectivity index (χ0v) is 17.9. The maximum Gasteiger partial charge on any atom is 0.149 e. The first-order chi connectivity index (χ1) is 13.1. The lowest BCUT2D eigenvalue weighted by Gasteiger charge is -2.18. The molecule has 0 saturated heterocycles. The number of rotatable bonds is 4. The van der Waals surface area contributed by atoms with Crippen LogP contribution in [-0.2, 0) is 9.84 Å². The standard InChI is InChI=1S/C19H20F2.C4H10O2S/c1-2-13-4-3-5-19(13)15-8-6-14(7-9-15)16-10-17(20)12-18(21)11-16;1-4(2)7(3,5)6/h6-13,19H,2-5H2,1H3;4H,1-3H3. The largest absolute Gasteiger partial charge is 0.229 e. The lowest BCUT2D eigenvalue weighted by Crippen LogP contribution is -2.10. The average molecular weight is 409 g/mol. The first-order valence-electron chi connectivity index (χ1n) is 9.87. The highest BCUT2D eigenvalue weighted by Crippen LogP contribution is 2.41. The molecule has 0 bridgehead atoms. The molecule has 5 heteroatoms. The Morgan fingerprint density at radius 1 is 0.964 bits per heavy atom. The highest BCUT2D eigenvalue weighted by molar-refractivity contribution is 7.91. The molecule has 1 aliphatic rings. The van der Waals surface area contributed by atoms with E-state index in [4.69, 9.17) is 0 Å². The summed E-state index contributed by atoms with van der Waals surface area (Å²) in [5.41, 5.74) is 2.82. The fraction of sp³-hybridized carbons (Fsp3) is 0.478. The van der Waals surface area contributed by atoms with Gasteiger partial charge in [-0.3, -0.25) is 0 Å². The summed E-state index contributed by atoms with van der Waals surface area (Å²) < 4.78 is 47.3. The van der Waals surface area contributed by atoms with Crippen molar-refractivity contribution < 1.29 is 17.2 Å². The molecule has 2 nitrogen and oxygen atoms in total. The van der Waals surface area contributed by atoms with Crippen molar-refractivity contribution in [1.82, 2.24) is 0 Å². The highest BCUT2D eigenvalue weighted by atomic mass is 32.2. The smallest absolute Gasteiger partial charge is 0.149 e. The summed E-state index contributed by atoms with van der Waals surface area (Å²) >= 11 is 0. The molecule has 3 rings (SSSR count). The van der Waals surface area contributed by atoms with Crippen LogP contribution in [0.2, 0.25) is 0 Å². The van der Waals surface area contributed by atoms with Crippen LogP contribution in [0.15, 0.2) is 42.5 Å². The summed E-state index contributed by atoms with van der Waals surface area (Å²) in [7, 11) is -2.74. The maximum absolute atomic E-state index is 13.3. The van der Waals surface area contributed by atoms with Crippen LogP contribution in [0.5, 0.6) is 0 Å². The molecule has 2 aromatic rings. The van der Waals surface area contributed by atoms with Gasteiger partial charge < -0.3 is 0 Å². The SMILES string of the molecule is CC(C)S(C)(=O)=O.CCC1CCCC1c1ccc(-c2cc(F)cc(F)c2)cc1. The highest BCUT2D eigenvalue weighted by Gasteiger charge is 2.26. The van der Waals surface area contributed by atoms with Gasteiger partial charge in [0.25, 0.3) is 0 Å². The fourth-order valence-corrected chi connectivity index (χ4v) is 3.61. The second kappa shape index (κ2) is 9.64. The predicted molar refractivity (Wildman–Crippen MR) is 112 cm³/mol. The molecule has 0 aliphatic heterocycles. The van der Waals surface area contributed by atoms with Crippen molar-refractivity contribution in [2.75, 3.05) is 6.26 Å². The third-order valence-electron chi connectivity index (χ3n) is 5.57. The van der Waals surface area contributed by atoms with Crippen LogP contribution in [0.3, 0.4) is 0 Å². The third kappa shape index (κ3) is 6.13. The van der Waals surface area contributed by atoms with Gasteiger partial charge >= 0.3 is 0 Å². The summed E-state index contributed by atoms with van der Waals surface area (Å²) in [6, 6.07) is 11.9. The Morgan fingerprint density at radius 3 is 1.96 bits per heavy atom. The Bertz CT molecular complexity index is 854. The Balaban J connectivity index is 0.000000345. The first-order valence-corrected chi connectivity index (χ1v) is 11.8. The molecule has 0 spiro atoms. The van der Waals surface area contributed by atoms with Gasteiger partial charge in [0.05, 0.1) is 5.25 Å². The first kappa shape index (κ1) is 22.5. The lowest BCUT2D eigenvalue weighted by molar-refractivity contribution is 0.470. The van der Waals surface area contributed by atoms with Crippen LogP contribution in [-0.4, -0.2) is 19.9 Å². The molecule has 154 valence electrons. The lowest BCUT2D eigenvalue weighted by atomic mass is 9.86. The summed E-state index contributed by atoms with van der Waals surface area (Å²) in [6.07, 6.45) is 6.34. The Morgan fingerprint density at radius 2 is 1.50 bits per heavy atom. The summed E-state index contributed by atoms with van der Waals surface area (Å²) in [6.45, 7) is 5.58. The van der Waals surface area contributed by atoms with Crippen LogP contribution in [0.1, 0.15) is 57.9 Å². The molecule has 1 aliphatic carbocycles. The van der Waals surface area contributed by atoms with E-state index in [0.717, 1.165) is 17.5 Å². The van der Waals surface area contributed by atoms with Gasteiger partial charge in [0.1, 0.15) is 21.5 Å². The molecule has 1 fully saturated rings. The van der Waals surface area contributed by atoms with Crippen molar-refractivity contribution in [2.45, 2.75) is 57.6 Å². The number of hydrogen-bond acceptors (Lipinski definition) is 2. The zero-order chi connectivity index (χ0) is 20.9. The number of halogens is 2. The van der Waals surface area contributed by atoms with E-state index in [2.05, 4.69) is 19.1 Å². The van der Waals surface area contributed by atoms with Crippen molar-refractivity contribution in [3.63, 3.8) is 0 Å². The normalized spacial score (nSPS) is 19.4. The van der Waals surface area contributed by atoms with E-state index < -0.39 is 21.5 Å². The van der Waals surface area contributed by atoms with E-state index in [9.17, 15) is 17.2 Å². The van der Waals surface area contributed by atoms with Crippen LogP contribution in [0.4, 0.5) is 8.78 Å². The van der Waals surface area contributed by atoms with Crippen molar-refractivity contribution in [3.05, 3.63) is 59.7 Å². The van der Waals surface area contributed by atoms with Gasteiger partial charge in [-0.05, 0) is 67.3 Å². The van der Waals surface area contributed by atoms with Gasteiger partial charge in [0.2, 0.25) is 0 Å². The monoisotopic (exact) mass is 408 g/mol. The number of hydrogen-bond donors (Lipinski definition) is 0. The van der Waals surface area contributed by atoms with E-state index in [0.29, 0.717) is 11.5 Å². The quantitative estimate of drug-likeness (QED) is 0.589. The minimum atomic E-state index is -2.74. The van der Waals surface area contributed by atoms with E-state index in [-0.39, 0.29) is 5.25 Å². The minimum absolute atomic E-state index is 0.229. The van der Waals surface area contributed by atoms with E-state index in [1.807, 2.05) is 12.1 Å². The van der Waals surface area contributed by atoms with E-state index in [1.54, 1.807) is 13.8 Å². The molecule has 0 heterocycles. The molecule has 0 N–H and O–H groups in total. The summed E-state index contributed by atoms with van der Waals surface area (Å²) in [5, 5.41) is -0.229. The van der Waals surface area contributed by atoms with Crippen LogP contribution < -0.4 is 0 Å². The fourth-order valence-electron chi connectivity index (χ4n) is 3.61. The molecular formula is C23H30F2O2S. The average Bonchev–Trinajstić information content (AvgIpc) is 3.09. The Hall–Kier alpha value is -1.75. The van der Waals surface area contributed by atoms with Crippen molar-refractivity contribution in [2.24, 2.45) is 5.92 Å². The Labute approximate surface area is 167 Å². The van der Waals surface area contributed by atoms with Crippen molar-refractivity contribution >= 4 is 9.84 Å². The minimum Gasteiger partial charge on any atom is -0.229 e.